The summed E-state index contributed by atoms with van der Waals surface area (Å²) in [5.41, 5.74) is 7.68. The molecule has 2 aliphatic carbocycles. The molecule has 114 valence electrons. The molecule has 0 radical (unpaired) electrons. The van der Waals surface area contributed by atoms with Crippen LogP contribution in [0.25, 0.3) is 0 Å². The lowest BCUT2D eigenvalue weighted by molar-refractivity contribution is 0.294. The molecule has 2 saturated carbocycles. The molecule has 4 rings (SSSR count). The van der Waals surface area contributed by atoms with E-state index in [0.717, 1.165) is 55.3 Å². The lowest BCUT2D eigenvalue weighted by Crippen LogP contribution is -2.19. The lowest BCUT2D eigenvalue weighted by Gasteiger charge is -2.25. The van der Waals surface area contributed by atoms with Crippen LogP contribution in [0.1, 0.15) is 50.1 Å². The quantitative estimate of drug-likeness (QED) is 0.922. The van der Waals surface area contributed by atoms with Gasteiger partial charge in [-0.3, -0.25) is 0 Å². The molecule has 2 fully saturated rings. The van der Waals surface area contributed by atoms with Crippen LogP contribution in [0.3, 0.4) is 0 Å². The highest BCUT2D eigenvalue weighted by Crippen LogP contribution is 2.50. The van der Waals surface area contributed by atoms with Gasteiger partial charge in [0.2, 0.25) is 0 Å². The first kappa shape index (κ1) is 13.4. The van der Waals surface area contributed by atoms with Crippen LogP contribution in [0.15, 0.2) is 18.2 Å². The summed E-state index contributed by atoms with van der Waals surface area (Å²) in [6, 6.07) is 6.37. The van der Waals surface area contributed by atoms with Crippen molar-refractivity contribution >= 4 is 0 Å². The molecule has 1 heterocycles. The maximum absolute atomic E-state index is 6.48. The van der Waals surface area contributed by atoms with Gasteiger partial charge in [0.05, 0.1) is 13.2 Å². The van der Waals surface area contributed by atoms with E-state index >= 15 is 0 Å². The number of nitrogens with two attached hydrogens (primary N) is 1. The molecule has 3 heteroatoms. The van der Waals surface area contributed by atoms with Gasteiger partial charge >= 0.3 is 0 Å². The van der Waals surface area contributed by atoms with Crippen LogP contribution in [-0.2, 0) is 0 Å². The highest BCUT2D eigenvalue weighted by Gasteiger charge is 2.39. The molecule has 4 unspecified atom stereocenters. The number of fused-ring (bicyclic) bond motifs is 3. The molecule has 2 N–H and O–H groups in total. The summed E-state index contributed by atoms with van der Waals surface area (Å²) in [5.74, 6) is 4.52. The van der Waals surface area contributed by atoms with Gasteiger partial charge in [0.1, 0.15) is 0 Å². The second-order valence-corrected chi connectivity index (χ2v) is 7.03. The smallest absolute Gasteiger partial charge is 0.161 e. The van der Waals surface area contributed by atoms with Gasteiger partial charge < -0.3 is 15.2 Å². The Morgan fingerprint density at radius 1 is 1.10 bits per heavy atom. The highest BCUT2D eigenvalue weighted by molar-refractivity contribution is 5.44. The minimum absolute atomic E-state index is 0.131. The molecule has 3 nitrogen and oxygen atoms in total. The number of benzene rings is 1. The first-order valence-electron chi connectivity index (χ1n) is 8.44. The van der Waals surface area contributed by atoms with Crippen molar-refractivity contribution in [1.82, 2.24) is 0 Å². The third-order valence-corrected chi connectivity index (χ3v) is 5.64. The van der Waals surface area contributed by atoms with Crippen molar-refractivity contribution in [2.45, 2.75) is 44.6 Å². The summed E-state index contributed by atoms with van der Waals surface area (Å²) in [4.78, 5) is 0. The molecular weight excluding hydrogens is 262 g/mol. The Hall–Kier alpha value is -1.22. The maximum Gasteiger partial charge on any atom is 0.161 e. The van der Waals surface area contributed by atoms with E-state index in [1.54, 1.807) is 0 Å². The van der Waals surface area contributed by atoms with E-state index in [1.807, 2.05) is 6.07 Å². The predicted octanol–water partition coefficient (Wildman–Crippen LogP) is 3.67. The van der Waals surface area contributed by atoms with E-state index in [4.69, 9.17) is 15.2 Å². The van der Waals surface area contributed by atoms with E-state index in [-0.39, 0.29) is 6.04 Å². The van der Waals surface area contributed by atoms with Gasteiger partial charge in [-0.15, -0.1) is 0 Å². The summed E-state index contributed by atoms with van der Waals surface area (Å²) in [6.07, 6.45) is 7.83. The first-order valence-corrected chi connectivity index (χ1v) is 8.44. The van der Waals surface area contributed by atoms with Gasteiger partial charge in [0, 0.05) is 12.5 Å². The molecule has 0 saturated heterocycles. The monoisotopic (exact) mass is 287 g/mol. The van der Waals surface area contributed by atoms with E-state index in [1.165, 1.54) is 31.2 Å². The van der Waals surface area contributed by atoms with Crippen LogP contribution in [-0.4, -0.2) is 13.2 Å². The SMILES string of the molecule is NC(CC1CC2CCC1C2)c1ccc2c(c1)OCCCO2. The number of hydrogen-bond acceptors (Lipinski definition) is 3. The third-order valence-electron chi connectivity index (χ3n) is 5.64. The molecular formula is C18H25NO2. The molecule has 3 aliphatic rings. The molecule has 1 aromatic carbocycles. The first-order chi connectivity index (χ1) is 10.3. The van der Waals surface area contributed by atoms with Crippen molar-refractivity contribution in [2.75, 3.05) is 13.2 Å². The van der Waals surface area contributed by atoms with Crippen LogP contribution in [0.2, 0.25) is 0 Å². The Balaban J connectivity index is 1.46. The minimum Gasteiger partial charge on any atom is -0.490 e. The fourth-order valence-corrected chi connectivity index (χ4v) is 4.54. The summed E-state index contributed by atoms with van der Waals surface area (Å²) < 4.78 is 11.5. The van der Waals surface area contributed by atoms with Crippen molar-refractivity contribution in [2.24, 2.45) is 23.5 Å². The van der Waals surface area contributed by atoms with E-state index in [2.05, 4.69) is 12.1 Å². The number of rotatable bonds is 3. The summed E-state index contributed by atoms with van der Waals surface area (Å²) >= 11 is 0. The maximum atomic E-state index is 6.48. The largest absolute Gasteiger partial charge is 0.490 e. The van der Waals surface area contributed by atoms with E-state index < -0.39 is 0 Å². The zero-order chi connectivity index (χ0) is 14.2. The van der Waals surface area contributed by atoms with Gasteiger partial charge in [-0.05, 0) is 61.1 Å². The highest BCUT2D eigenvalue weighted by atomic mass is 16.5. The van der Waals surface area contributed by atoms with Crippen LogP contribution < -0.4 is 15.2 Å². The second-order valence-electron chi connectivity index (χ2n) is 7.03. The average molecular weight is 287 g/mol. The number of ether oxygens (including phenoxy) is 2. The van der Waals surface area contributed by atoms with Crippen LogP contribution >= 0.6 is 0 Å². The Morgan fingerprint density at radius 2 is 1.95 bits per heavy atom. The minimum atomic E-state index is 0.131. The normalized spacial score (nSPS) is 32.0. The molecule has 2 bridgehead atoms. The number of hydrogen-bond donors (Lipinski definition) is 1. The van der Waals surface area contributed by atoms with Crippen LogP contribution in [0, 0.1) is 17.8 Å². The molecule has 1 aliphatic heterocycles. The van der Waals surface area contributed by atoms with E-state index in [9.17, 15) is 0 Å². The van der Waals surface area contributed by atoms with Gasteiger partial charge in [-0.2, -0.15) is 0 Å². The Bertz CT molecular complexity index is 516. The zero-order valence-electron chi connectivity index (χ0n) is 12.6. The van der Waals surface area contributed by atoms with Gasteiger partial charge in [0.25, 0.3) is 0 Å². The summed E-state index contributed by atoms with van der Waals surface area (Å²) in [5, 5.41) is 0. The molecule has 0 spiro atoms. The molecule has 4 atom stereocenters. The average Bonchev–Trinajstić information content (AvgIpc) is 3.02. The van der Waals surface area contributed by atoms with Crippen LogP contribution in [0.5, 0.6) is 11.5 Å². The third kappa shape index (κ3) is 2.64. The fourth-order valence-electron chi connectivity index (χ4n) is 4.54. The lowest BCUT2D eigenvalue weighted by atomic mass is 9.83. The predicted molar refractivity (Wildman–Crippen MR) is 82.5 cm³/mol. The van der Waals surface area contributed by atoms with Crippen molar-refractivity contribution in [3.8, 4) is 11.5 Å². The Kier molecular flexibility index (Phi) is 3.54. The van der Waals surface area contributed by atoms with Crippen molar-refractivity contribution in [3.05, 3.63) is 23.8 Å². The van der Waals surface area contributed by atoms with Crippen molar-refractivity contribution in [1.29, 1.82) is 0 Å². The molecule has 21 heavy (non-hydrogen) atoms. The van der Waals surface area contributed by atoms with E-state index in [0.29, 0.717) is 0 Å². The topological polar surface area (TPSA) is 44.5 Å². The summed E-state index contributed by atoms with van der Waals surface area (Å²) in [7, 11) is 0. The van der Waals surface area contributed by atoms with Gasteiger partial charge in [0.15, 0.2) is 11.5 Å². The molecule has 0 amide bonds. The zero-order valence-corrected chi connectivity index (χ0v) is 12.6. The second kappa shape index (κ2) is 5.53. The Morgan fingerprint density at radius 3 is 2.71 bits per heavy atom. The Labute approximate surface area is 126 Å². The van der Waals surface area contributed by atoms with Gasteiger partial charge in [-0.1, -0.05) is 12.5 Å². The van der Waals surface area contributed by atoms with Gasteiger partial charge in [-0.25, -0.2) is 0 Å². The molecule has 0 aromatic heterocycles. The van der Waals surface area contributed by atoms with Crippen molar-refractivity contribution in [3.63, 3.8) is 0 Å². The van der Waals surface area contributed by atoms with Crippen molar-refractivity contribution < 1.29 is 9.47 Å². The fraction of sp³-hybridized carbons (Fsp3) is 0.667. The summed E-state index contributed by atoms with van der Waals surface area (Å²) in [6.45, 7) is 1.47. The van der Waals surface area contributed by atoms with Crippen LogP contribution in [0.4, 0.5) is 0 Å². The standard InChI is InChI=1S/C18H25NO2/c19-16(10-15-9-12-2-3-13(15)8-12)14-4-5-17-18(11-14)21-7-1-6-20-17/h4-5,11-13,15-16H,1-3,6-10,19H2. The molecule has 1 aromatic rings.